The molecule has 2 atom stereocenters. The van der Waals surface area contributed by atoms with Crippen LogP contribution in [0.4, 0.5) is 0 Å². The zero-order valence-corrected chi connectivity index (χ0v) is 14.0. The highest BCUT2D eigenvalue weighted by molar-refractivity contribution is 14.1. The van der Waals surface area contributed by atoms with E-state index in [1.807, 2.05) is 0 Å². The maximum Gasteiger partial charge on any atom is 0.0333 e. The molecule has 0 heterocycles. The molecule has 0 aromatic heterocycles. The molecule has 4 aliphatic carbocycles. The van der Waals surface area contributed by atoms with E-state index in [9.17, 15) is 0 Å². The molecule has 0 bridgehead atoms. The fourth-order valence-corrected chi connectivity index (χ4v) is 4.62. The zero-order chi connectivity index (χ0) is 13.7. The Morgan fingerprint density at radius 2 is 2.00 bits per heavy atom. The monoisotopic (exact) mass is 374 g/mol. The van der Waals surface area contributed by atoms with E-state index in [0.717, 1.165) is 0 Å². The van der Waals surface area contributed by atoms with Gasteiger partial charge in [0.15, 0.2) is 0 Å². The Labute approximate surface area is 134 Å². The van der Waals surface area contributed by atoms with Crippen molar-refractivity contribution in [1.29, 1.82) is 0 Å². The summed E-state index contributed by atoms with van der Waals surface area (Å²) < 4.78 is 0.647. The number of hydrogen-bond acceptors (Lipinski definition) is 0. The zero-order valence-electron chi connectivity index (χ0n) is 11.8. The topological polar surface area (TPSA) is 0 Å². The van der Waals surface area contributed by atoms with Crippen molar-refractivity contribution in [3.63, 3.8) is 0 Å². The lowest BCUT2D eigenvalue weighted by Crippen LogP contribution is -2.23. The van der Waals surface area contributed by atoms with Gasteiger partial charge in [-0.1, -0.05) is 70.2 Å². The average Bonchev–Trinajstić information content (AvgIpc) is 2.47. The minimum atomic E-state index is 0.647. The van der Waals surface area contributed by atoms with Crippen LogP contribution in [0.15, 0.2) is 69.9 Å². The fourth-order valence-electron chi connectivity index (χ4n) is 3.97. The van der Waals surface area contributed by atoms with Gasteiger partial charge in [0.2, 0.25) is 0 Å². The second-order valence-corrected chi connectivity index (χ2v) is 7.84. The van der Waals surface area contributed by atoms with E-state index >= 15 is 0 Å². The summed E-state index contributed by atoms with van der Waals surface area (Å²) in [5.41, 5.74) is 9.53. The Morgan fingerprint density at radius 1 is 1.10 bits per heavy atom. The maximum atomic E-state index is 2.56. The minimum Gasteiger partial charge on any atom is -0.0836 e. The standard InChI is InChI=1S/C19H19I/c1-12-6-8-16-17-9-7-13(20)11-19(17)15-5-3-2-4-14(15)18(16)10-12/h3,5-9,13,18H,2,4,10-11H2,1H3. The highest BCUT2D eigenvalue weighted by Gasteiger charge is 2.34. The first kappa shape index (κ1) is 12.9. The first-order valence-corrected chi connectivity index (χ1v) is 8.81. The van der Waals surface area contributed by atoms with Crippen LogP contribution in [0.2, 0.25) is 0 Å². The molecule has 4 aliphatic rings. The van der Waals surface area contributed by atoms with Gasteiger partial charge in [-0.2, -0.15) is 0 Å². The highest BCUT2D eigenvalue weighted by Crippen LogP contribution is 2.49. The Balaban J connectivity index is 1.93. The lowest BCUT2D eigenvalue weighted by molar-refractivity contribution is 0.639. The van der Waals surface area contributed by atoms with E-state index in [1.165, 1.54) is 36.8 Å². The van der Waals surface area contributed by atoms with Crippen molar-refractivity contribution in [3.8, 4) is 0 Å². The van der Waals surface area contributed by atoms with E-state index < -0.39 is 0 Å². The third-order valence-electron chi connectivity index (χ3n) is 4.91. The molecule has 2 unspecified atom stereocenters. The average molecular weight is 374 g/mol. The molecule has 4 rings (SSSR count). The van der Waals surface area contributed by atoms with E-state index in [2.05, 4.69) is 66.0 Å². The van der Waals surface area contributed by atoms with Gasteiger partial charge in [0, 0.05) is 9.84 Å². The number of allylic oxidation sites excluding steroid dienone is 12. The predicted molar refractivity (Wildman–Crippen MR) is 93.9 cm³/mol. The van der Waals surface area contributed by atoms with Crippen molar-refractivity contribution in [1.82, 2.24) is 0 Å². The molecule has 0 aliphatic heterocycles. The van der Waals surface area contributed by atoms with Crippen LogP contribution in [0.25, 0.3) is 0 Å². The lowest BCUT2D eigenvalue weighted by atomic mass is 9.67. The van der Waals surface area contributed by atoms with Gasteiger partial charge in [-0.15, -0.1) is 0 Å². The van der Waals surface area contributed by atoms with Crippen LogP contribution in [0.5, 0.6) is 0 Å². The number of halogens is 1. The maximum absolute atomic E-state index is 2.56. The highest BCUT2D eigenvalue weighted by atomic mass is 127. The van der Waals surface area contributed by atoms with Crippen LogP contribution >= 0.6 is 22.6 Å². The molecule has 0 N–H and O–H groups in total. The molecule has 0 aromatic rings. The summed E-state index contributed by atoms with van der Waals surface area (Å²) in [5, 5.41) is 0. The van der Waals surface area contributed by atoms with Crippen LogP contribution in [0.3, 0.4) is 0 Å². The predicted octanol–water partition coefficient (Wildman–Crippen LogP) is 5.60. The van der Waals surface area contributed by atoms with E-state index in [1.54, 1.807) is 22.3 Å². The quantitative estimate of drug-likeness (QED) is 0.383. The van der Waals surface area contributed by atoms with Crippen molar-refractivity contribution in [2.24, 2.45) is 5.92 Å². The Hall–Kier alpha value is -0.830. The van der Waals surface area contributed by atoms with Gasteiger partial charge in [0.1, 0.15) is 0 Å². The molecule has 0 saturated heterocycles. The normalized spacial score (nSPS) is 31.5. The summed E-state index contributed by atoms with van der Waals surface area (Å²) in [5.74, 6) is 0.647. The summed E-state index contributed by atoms with van der Waals surface area (Å²) in [4.78, 5) is 0. The van der Waals surface area contributed by atoms with Gasteiger partial charge in [-0.25, -0.2) is 0 Å². The van der Waals surface area contributed by atoms with Crippen molar-refractivity contribution >= 4 is 22.6 Å². The Kier molecular flexibility index (Phi) is 3.13. The molecule has 0 saturated carbocycles. The van der Waals surface area contributed by atoms with Crippen molar-refractivity contribution in [2.45, 2.75) is 36.5 Å². The molecule has 20 heavy (non-hydrogen) atoms. The molecule has 0 radical (unpaired) electrons. The summed E-state index contributed by atoms with van der Waals surface area (Å²) in [7, 11) is 0. The molecule has 1 heteroatoms. The molecular weight excluding hydrogens is 355 g/mol. The van der Waals surface area contributed by atoms with E-state index in [0.29, 0.717) is 9.84 Å². The van der Waals surface area contributed by atoms with Crippen LogP contribution in [0, 0.1) is 5.92 Å². The van der Waals surface area contributed by atoms with Gasteiger partial charge < -0.3 is 0 Å². The smallest absolute Gasteiger partial charge is 0.0333 e. The van der Waals surface area contributed by atoms with Gasteiger partial charge in [-0.05, 0) is 54.9 Å². The fraction of sp³-hybridized carbons (Fsp3) is 0.368. The summed E-state index contributed by atoms with van der Waals surface area (Å²) in [6, 6.07) is 0. The van der Waals surface area contributed by atoms with Crippen LogP contribution in [-0.2, 0) is 0 Å². The van der Waals surface area contributed by atoms with Crippen molar-refractivity contribution < 1.29 is 0 Å². The van der Waals surface area contributed by atoms with Gasteiger partial charge >= 0.3 is 0 Å². The molecule has 0 spiro atoms. The van der Waals surface area contributed by atoms with E-state index in [4.69, 9.17) is 0 Å². The first-order valence-electron chi connectivity index (χ1n) is 7.57. The third-order valence-corrected chi connectivity index (χ3v) is 5.77. The van der Waals surface area contributed by atoms with Gasteiger partial charge in [0.05, 0.1) is 0 Å². The number of alkyl halides is 1. The number of hydrogen-bond donors (Lipinski definition) is 0. The molecule has 0 amide bonds. The summed E-state index contributed by atoms with van der Waals surface area (Å²) in [6.07, 6.45) is 19.1. The second kappa shape index (κ2) is 4.87. The minimum absolute atomic E-state index is 0.647. The third kappa shape index (κ3) is 1.93. The number of fused-ring (bicyclic) bond motifs is 4. The Morgan fingerprint density at radius 3 is 2.90 bits per heavy atom. The lowest BCUT2D eigenvalue weighted by Gasteiger charge is -2.38. The van der Waals surface area contributed by atoms with Crippen LogP contribution in [0.1, 0.15) is 32.6 Å². The molecule has 0 nitrogen and oxygen atoms in total. The van der Waals surface area contributed by atoms with Crippen LogP contribution in [-0.4, -0.2) is 3.92 Å². The van der Waals surface area contributed by atoms with Gasteiger partial charge in [-0.3, -0.25) is 0 Å². The second-order valence-electron chi connectivity index (χ2n) is 6.24. The SMILES string of the molecule is CC1=CC=C2C3=C(CC(I)C=C3)C3=C(CCC=C3)C2C1. The Bertz CT molecular complexity index is 649. The molecule has 102 valence electrons. The summed E-state index contributed by atoms with van der Waals surface area (Å²) in [6.45, 7) is 2.27. The first-order chi connectivity index (χ1) is 9.74. The van der Waals surface area contributed by atoms with Crippen molar-refractivity contribution in [2.75, 3.05) is 0 Å². The molecular formula is C19H19I. The molecule has 0 fully saturated rings. The van der Waals surface area contributed by atoms with Crippen molar-refractivity contribution in [3.05, 3.63) is 69.9 Å². The number of rotatable bonds is 0. The van der Waals surface area contributed by atoms with E-state index in [-0.39, 0.29) is 0 Å². The summed E-state index contributed by atoms with van der Waals surface area (Å²) >= 11 is 2.56. The van der Waals surface area contributed by atoms with Crippen LogP contribution < -0.4 is 0 Å². The molecule has 0 aromatic carbocycles. The largest absolute Gasteiger partial charge is 0.0836 e. The van der Waals surface area contributed by atoms with Gasteiger partial charge in [0.25, 0.3) is 0 Å².